The predicted octanol–water partition coefficient (Wildman–Crippen LogP) is 8.65. The minimum atomic E-state index is 0.785. The molecule has 0 aliphatic carbocycles. The third kappa shape index (κ3) is 6.33. The highest BCUT2D eigenvalue weighted by Gasteiger charge is 2.15. The largest absolute Gasteiger partial charge is 0.387 e. The molecule has 4 aromatic heterocycles. The molecule has 8 aromatic rings. The monoisotopic (exact) mass is 710 g/mol. The zero-order chi connectivity index (χ0) is 36.6. The first-order valence-electron chi connectivity index (χ1n) is 18.9. The molecule has 0 bridgehead atoms. The van der Waals surface area contributed by atoms with Crippen LogP contribution in [0.15, 0.2) is 159 Å². The fourth-order valence-corrected chi connectivity index (χ4v) is 8.02. The normalized spacial score (nSPS) is 13.6. The lowest BCUT2D eigenvalue weighted by atomic mass is 9.93. The molecule has 10 rings (SSSR count). The van der Waals surface area contributed by atoms with Crippen molar-refractivity contribution < 1.29 is 0 Å². The fraction of sp³-hybridized carbons (Fsp3) is 0.0816. The Hall–Kier alpha value is -6.89. The van der Waals surface area contributed by atoms with E-state index in [9.17, 15) is 0 Å². The molecule has 6 heteroatoms. The third-order valence-corrected chi connectivity index (χ3v) is 10.8. The topological polar surface area (TPSA) is 67.7 Å². The Kier molecular flexibility index (Phi) is 8.43. The van der Waals surface area contributed by atoms with Gasteiger partial charge in [0, 0.05) is 89.5 Å². The number of nitrogens with one attached hydrogen (secondary N) is 2. The first-order valence-corrected chi connectivity index (χ1v) is 18.9. The number of nitrogens with zero attached hydrogens (tertiary/aromatic N) is 4. The van der Waals surface area contributed by atoms with Crippen LogP contribution in [-0.2, 0) is 0 Å². The molecule has 0 atom stereocenters. The minimum absolute atomic E-state index is 0.785. The second-order valence-electron chi connectivity index (χ2n) is 14.2. The number of fused-ring (bicyclic) bond motifs is 3. The SMILES string of the molecule is C1=C(c2cncc(-c3cccc(-c4cc(-c5cccc(-c6cncc(-c7ccncc7)c6)c5)cc(-n5c6c(c7ccccc75)=CNCC=6)c4)c3)c2)CCNC1. The smallest absolute Gasteiger partial charge is 0.0541 e. The maximum Gasteiger partial charge on any atom is 0.0541 e. The van der Waals surface area contributed by atoms with Gasteiger partial charge in [0.1, 0.15) is 0 Å². The Labute approximate surface area is 319 Å². The van der Waals surface area contributed by atoms with Crippen LogP contribution in [0.1, 0.15) is 12.0 Å². The van der Waals surface area contributed by atoms with E-state index in [1.165, 1.54) is 32.6 Å². The van der Waals surface area contributed by atoms with Gasteiger partial charge in [0.15, 0.2) is 0 Å². The molecule has 264 valence electrons. The second-order valence-corrected chi connectivity index (χ2v) is 14.2. The Morgan fingerprint density at radius 2 is 1.09 bits per heavy atom. The maximum atomic E-state index is 4.68. The van der Waals surface area contributed by atoms with Crippen molar-refractivity contribution >= 4 is 28.8 Å². The molecule has 0 fully saturated rings. The Morgan fingerprint density at radius 3 is 1.78 bits per heavy atom. The van der Waals surface area contributed by atoms with E-state index in [0.717, 1.165) is 87.4 Å². The van der Waals surface area contributed by atoms with E-state index in [4.69, 9.17) is 0 Å². The number of pyridine rings is 3. The number of hydrogen-bond donors (Lipinski definition) is 2. The number of para-hydroxylation sites is 1. The first-order chi connectivity index (χ1) is 27.2. The molecular formula is C49H38N6. The van der Waals surface area contributed by atoms with E-state index >= 15 is 0 Å². The van der Waals surface area contributed by atoms with Gasteiger partial charge in [-0.15, -0.1) is 0 Å². The lowest BCUT2D eigenvalue weighted by Gasteiger charge is -2.16. The standard InChI is InChI=1S/C49H38N6/c1-2-10-48-46(9-1)47-32-52-20-15-49(47)55(48)45-26-39(35-5-3-7-37(21-35)43-24-41(28-53-30-43)33-11-16-50-17-12-33)23-40(27-45)36-6-4-8-38(22-36)44-25-42(29-54-31-44)34-13-18-51-19-14-34/h1-13,15-17,21-32,51-52H,14,18-20H2. The van der Waals surface area contributed by atoms with Gasteiger partial charge >= 0.3 is 0 Å². The van der Waals surface area contributed by atoms with Crippen LogP contribution in [0.25, 0.3) is 90.1 Å². The lowest BCUT2D eigenvalue weighted by molar-refractivity contribution is 0.738. The molecule has 0 radical (unpaired) electrons. The summed E-state index contributed by atoms with van der Waals surface area (Å²) >= 11 is 0. The van der Waals surface area contributed by atoms with E-state index in [1.54, 1.807) is 0 Å². The van der Waals surface area contributed by atoms with E-state index in [0.29, 0.717) is 0 Å². The average Bonchev–Trinajstić information content (AvgIpc) is 3.61. The summed E-state index contributed by atoms with van der Waals surface area (Å²) < 4.78 is 2.42. The molecule has 4 aromatic carbocycles. The molecule has 2 N–H and O–H groups in total. The van der Waals surface area contributed by atoms with Gasteiger partial charge in [-0.3, -0.25) is 15.0 Å². The van der Waals surface area contributed by atoms with Crippen molar-refractivity contribution in [3.63, 3.8) is 0 Å². The molecule has 6 nitrogen and oxygen atoms in total. The number of rotatable bonds is 7. The van der Waals surface area contributed by atoms with Crippen molar-refractivity contribution in [3.8, 4) is 61.3 Å². The van der Waals surface area contributed by atoms with Crippen LogP contribution < -0.4 is 21.2 Å². The van der Waals surface area contributed by atoms with Crippen molar-refractivity contribution in [1.82, 2.24) is 30.2 Å². The summed E-state index contributed by atoms with van der Waals surface area (Å²) in [7, 11) is 0. The van der Waals surface area contributed by atoms with Gasteiger partial charge in [0.25, 0.3) is 0 Å². The Morgan fingerprint density at radius 1 is 0.491 bits per heavy atom. The molecular weight excluding hydrogens is 673 g/mol. The quantitative estimate of drug-likeness (QED) is 0.173. The highest BCUT2D eigenvalue weighted by atomic mass is 15.0. The molecule has 0 saturated carbocycles. The molecule has 0 saturated heterocycles. The number of hydrogen-bond acceptors (Lipinski definition) is 5. The van der Waals surface area contributed by atoms with Crippen molar-refractivity contribution in [3.05, 3.63) is 175 Å². The van der Waals surface area contributed by atoms with Gasteiger partial charge in [0.2, 0.25) is 0 Å². The lowest BCUT2D eigenvalue weighted by Crippen LogP contribution is -2.35. The number of aromatic nitrogens is 4. The van der Waals surface area contributed by atoms with Gasteiger partial charge in [-0.05, 0) is 130 Å². The van der Waals surface area contributed by atoms with Crippen LogP contribution in [0.5, 0.6) is 0 Å². The zero-order valence-corrected chi connectivity index (χ0v) is 30.3. The van der Waals surface area contributed by atoms with Gasteiger partial charge in [-0.2, -0.15) is 0 Å². The average molecular weight is 711 g/mol. The van der Waals surface area contributed by atoms with Gasteiger partial charge < -0.3 is 15.2 Å². The maximum absolute atomic E-state index is 4.68. The van der Waals surface area contributed by atoms with Gasteiger partial charge in [0.05, 0.1) is 10.9 Å². The summed E-state index contributed by atoms with van der Waals surface area (Å²) in [5.74, 6) is 0. The van der Waals surface area contributed by atoms with E-state index in [2.05, 4.69) is 152 Å². The van der Waals surface area contributed by atoms with E-state index in [-0.39, 0.29) is 0 Å². The molecule has 2 aliphatic heterocycles. The van der Waals surface area contributed by atoms with Gasteiger partial charge in [-0.1, -0.05) is 60.7 Å². The van der Waals surface area contributed by atoms with Crippen LogP contribution in [0.3, 0.4) is 0 Å². The summed E-state index contributed by atoms with van der Waals surface area (Å²) in [6, 6.07) is 41.9. The molecule has 0 spiro atoms. The van der Waals surface area contributed by atoms with Crippen LogP contribution >= 0.6 is 0 Å². The summed E-state index contributed by atoms with van der Waals surface area (Å²) in [5.41, 5.74) is 16.1. The fourth-order valence-electron chi connectivity index (χ4n) is 8.02. The summed E-state index contributed by atoms with van der Waals surface area (Å²) in [6.07, 6.45) is 19.2. The zero-order valence-electron chi connectivity index (χ0n) is 30.3. The Bertz CT molecular complexity index is 2890. The third-order valence-electron chi connectivity index (χ3n) is 10.8. The van der Waals surface area contributed by atoms with Crippen molar-refractivity contribution in [2.45, 2.75) is 6.42 Å². The molecule has 0 amide bonds. The van der Waals surface area contributed by atoms with Gasteiger partial charge in [-0.25, -0.2) is 0 Å². The molecule has 0 unspecified atom stereocenters. The van der Waals surface area contributed by atoms with Crippen LogP contribution in [0.2, 0.25) is 0 Å². The van der Waals surface area contributed by atoms with E-state index in [1.807, 2.05) is 49.3 Å². The Balaban J connectivity index is 1.13. The molecule has 6 heterocycles. The number of benzene rings is 4. The van der Waals surface area contributed by atoms with Crippen molar-refractivity contribution in [2.75, 3.05) is 19.6 Å². The van der Waals surface area contributed by atoms with Crippen molar-refractivity contribution in [1.29, 1.82) is 0 Å². The predicted molar refractivity (Wildman–Crippen MR) is 225 cm³/mol. The second kappa shape index (κ2) is 14.2. The highest BCUT2D eigenvalue weighted by molar-refractivity contribution is 5.87. The van der Waals surface area contributed by atoms with E-state index < -0.39 is 0 Å². The highest BCUT2D eigenvalue weighted by Crippen LogP contribution is 2.35. The molecule has 55 heavy (non-hydrogen) atoms. The minimum Gasteiger partial charge on any atom is -0.387 e. The summed E-state index contributed by atoms with van der Waals surface area (Å²) in [5, 5.41) is 10.5. The van der Waals surface area contributed by atoms with Crippen LogP contribution in [0.4, 0.5) is 0 Å². The summed E-state index contributed by atoms with van der Waals surface area (Å²) in [4.78, 5) is 13.5. The first kappa shape index (κ1) is 32.7. The molecule has 2 aliphatic rings. The van der Waals surface area contributed by atoms with Crippen molar-refractivity contribution in [2.24, 2.45) is 0 Å². The van der Waals surface area contributed by atoms with Crippen LogP contribution in [-0.4, -0.2) is 39.2 Å². The van der Waals surface area contributed by atoms with Crippen LogP contribution in [0, 0.1) is 0 Å². The summed E-state index contributed by atoms with van der Waals surface area (Å²) in [6.45, 7) is 2.68.